The topological polar surface area (TPSA) is 61.2 Å². The number of hydrogen-bond acceptors (Lipinski definition) is 3. The second-order valence-electron chi connectivity index (χ2n) is 7.23. The van der Waals surface area contributed by atoms with Crippen molar-refractivity contribution in [3.8, 4) is 6.07 Å². The van der Waals surface area contributed by atoms with E-state index in [2.05, 4.69) is 6.07 Å². The van der Waals surface area contributed by atoms with E-state index in [1.807, 2.05) is 30.3 Å². The molecule has 0 bridgehead atoms. The summed E-state index contributed by atoms with van der Waals surface area (Å²) in [4.78, 5) is 27.2. The predicted molar refractivity (Wildman–Crippen MR) is 106 cm³/mol. The predicted octanol–water partition coefficient (Wildman–Crippen LogP) is 3.53. The van der Waals surface area contributed by atoms with E-state index in [0.717, 1.165) is 49.2 Å². The standard InChI is InChI=1S/C21H26N2O2S/c22-14-20(26-11-4-5-12-26)21(25)19(13-17-9-6-10-17)23(16-24)15-18-7-2-1-3-8-18/h1-3,7-8,16-17,19H,4-6,9-13,15H2. The molecule has 5 heteroatoms. The number of ketones is 1. The van der Waals surface area contributed by atoms with Crippen molar-refractivity contribution >= 4 is 27.5 Å². The maximum Gasteiger partial charge on any atom is 0.210 e. The molecule has 1 heterocycles. The Hall–Kier alpha value is -1.93. The van der Waals surface area contributed by atoms with Crippen molar-refractivity contribution in [2.24, 2.45) is 5.92 Å². The third kappa shape index (κ3) is 4.42. The highest BCUT2D eigenvalue weighted by molar-refractivity contribution is 8.17. The van der Waals surface area contributed by atoms with Gasteiger partial charge in [-0.1, -0.05) is 49.6 Å². The number of nitriles is 1. The van der Waals surface area contributed by atoms with Gasteiger partial charge < -0.3 is 4.90 Å². The van der Waals surface area contributed by atoms with Crippen LogP contribution in [0.1, 0.15) is 44.1 Å². The van der Waals surface area contributed by atoms with Gasteiger partial charge in [0.2, 0.25) is 12.2 Å². The molecule has 0 N–H and O–H groups in total. The second kappa shape index (κ2) is 9.14. The Labute approximate surface area is 158 Å². The van der Waals surface area contributed by atoms with Crippen LogP contribution in [0.2, 0.25) is 0 Å². The first-order valence-electron chi connectivity index (χ1n) is 9.46. The Morgan fingerprint density at radius 1 is 1.23 bits per heavy atom. The molecule has 1 atom stereocenters. The molecule has 1 aromatic rings. The molecule has 26 heavy (non-hydrogen) atoms. The minimum absolute atomic E-state index is 0.104. The van der Waals surface area contributed by atoms with Gasteiger partial charge in [0.05, 0.1) is 6.04 Å². The van der Waals surface area contributed by atoms with E-state index in [0.29, 0.717) is 23.7 Å². The average Bonchev–Trinajstić information content (AvgIpc) is 3.15. The highest BCUT2D eigenvalue weighted by Gasteiger charge is 2.33. The van der Waals surface area contributed by atoms with Gasteiger partial charge in [-0.15, -0.1) is 0 Å². The van der Waals surface area contributed by atoms with Gasteiger partial charge in [-0.2, -0.15) is 15.7 Å². The highest BCUT2D eigenvalue weighted by atomic mass is 32.2. The van der Waals surface area contributed by atoms with E-state index in [1.54, 1.807) is 4.90 Å². The number of Topliss-reactive ketones (excluding diaryl/α,β-unsaturated/α-hetero) is 1. The Morgan fingerprint density at radius 2 is 1.92 bits per heavy atom. The van der Waals surface area contributed by atoms with E-state index in [4.69, 9.17) is 0 Å². The fourth-order valence-corrected chi connectivity index (χ4v) is 5.99. The molecule has 2 fully saturated rings. The highest BCUT2D eigenvalue weighted by Crippen LogP contribution is 2.33. The van der Waals surface area contributed by atoms with Crippen LogP contribution in [-0.2, 0) is 16.1 Å². The zero-order chi connectivity index (χ0) is 18.4. The molecule has 138 valence electrons. The van der Waals surface area contributed by atoms with Gasteiger partial charge in [0.25, 0.3) is 0 Å². The normalized spacial score (nSPS) is 18.6. The summed E-state index contributed by atoms with van der Waals surface area (Å²) in [5, 5.41) is 9.65. The van der Waals surface area contributed by atoms with Crippen molar-refractivity contribution in [1.82, 2.24) is 4.90 Å². The molecule has 1 aromatic carbocycles. The van der Waals surface area contributed by atoms with Gasteiger partial charge in [-0.05, 0) is 42.2 Å². The summed E-state index contributed by atoms with van der Waals surface area (Å²) in [7, 11) is -0.216. The van der Waals surface area contributed by atoms with Crippen LogP contribution in [0.15, 0.2) is 30.3 Å². The van der Waals surface area contributed by atoms with Gasteiger partial charge in [0.1, 0.15) is 10.9 Å². The van der Waals surface area contributed by atoms with E-state index >= 15 is 0 Å². The minimum Gasteiger partial charge on any atom is -0.330 e. The number of nitrogens with zero attached hydrogens (tertiary/aromatic N) is 2. The number of carbonyl (C=O) groups is 2. The van der Waals surface area contributed by atoms with Crippen LogP contribution in [0.5, 0.6) is 0 Å². The molecule has 1 unspecified atom stereocenters. The number of hydrogen-bond donors (Lipinski definition) is 0. The van der Waals surface area contributed by atoms with Crippen molar-refractivity contribution in [2.75, 3.05) is 11.5 Å². The molecule has 1 saturated heterocycles. The van der Waals surface area contributed by atoms with Crippen molar-refractivity contribution in [3.63, 3.8) is 0 Å². The zero-order valence-corrected chi connectivity index (χ0v) is 15.9. The summed E-state index contributed by atoms with van der Waals surface area (Å²) in [5.41, 5.74) is 1.01. The van der Waals surface area contributed by atoms with Crippen LogP contribution in [-0.4, -0.2) is 39.5 Å². The summed E-state index contributed by atoms with van der Waals surface area (Å²) >= 11 is 0. The fraction of sp³-hybridized carbons (Fsp3) is 0.524. The Balaban J connectivity index is 1.85. The van der Waals surface area contributed by atoms with Crippen molar-refractivity contribution in [3.05, 3.63) is 35.9 Å². The number of amides is 1. The first-order valence-corrected chi connectivity index (χ1v) is 11.0. The van der Waals surface area contributed by atoms with E-state index in [1.165, 1.54) is 6.42 Å². The third-order valence-corrected chi connectivity index (χ3v) is 7.91. The molecule has 1 saturated carbocycles. The van der Waals surface area contributed by atoms with Gasteiger partial charge in [0, 0.05) is 6.54 Å². The molecule has 0 aromatic heterocycles. The number of carbonyl (C=O) groups excluding carboxylic acids is 2. The smallest absolute Gasteiger partial charge is 0.210 e. The summed E-state index contributed by atoms with van der Waals surface area (Å²) < 4.78 is 0. The van der Waals surface area contributed by atoms with Crippen molar-refractivity contribution in [2.45, 2.75) is 51.1 Å². The molecule has 1 aliphatic carbocycles. The maximum absolute atomic E-state index is 13.3. The summed E-state index contributed by atoms with van der Waals surface area (Å²) in [6.45, 7) is 0.417. The average molecular weight is 371 g/mol. The van der Waals surface area contributed by atoms with Crippen LogP contribution in [0, 0.1) is 17.2 Å². The second-order valence-corrected chi connectivity index (χ2v) is 9.44. The Kier molecular flexibility index (Phi) is 6.62. The molecule has 3 rings (SSSR count). The lowest BCUT2D eigenvalue weighted by atomic mass is 9.79. The first-order chi connectivity index (χ1) is 12.7. The summed E-state index contributed by atoms with van der Waals surface area (Å²) in [6, 6.07) is 11.5. The fourth-order valence-electron chi connectivity index (χ4n) is 3.72. The largest absolute Gasteiger partial charge is 0.330 e. The Morgan fingerprint density at radius 3 is 2.46 bits per heavy atom. The van der Waals surface area contributed by atoms with E-state index in [9.17, 15) is 14.9 Å². The van der Waals surface area contributed by atoms with Crippen LogP contribution >= 0.6 is 10.5 Å². The van der Waals surface area contributed by atoms with Crippen LogP contribution in [0.3, 0.4) is 0 Å². The lowest BCUT2D eigenvalue weighted by Gasteiger charge is -2.34. The molecular formula is C21H26N2O2S. The van der Waals surface area contributed by atoms with E-state index < -0.39 is 6.04 Å². The molecule has 0 radical (unpaired) electrons. The first kappa shape index (κ1) is 18.8. The van der Waals surface area contributed by atoms with Crippen LogP contribution < -0.4 is 0 Å². The number of rotatable bonds is 8. The third-order valence-electron chi connectivity index (χ3n) is 5.47. The van der Waals surface area contributed by atoms with Gasteiger partial charge in [-0.3, -0.25) is 9.59 Å². The summed E-state index contributed by atoms with van der Waals surface area (Å²) in [5.74, 6) is 2.29. The molecule has 0 spiro atoms. The van der Waals surface area contributed by atoms with E-state index in [-0.39, 0.29) is 16.3 Å². The van der Waals surface area contributed by atoms with Crippen molar-refractivity contribution in [1.29, 1.82) is 5.26 Å². The van der Waals surface area contributed by atoms with Gasteiger partial charge in [0.15, 0.2) is 0 Å². The summed E-state index contributed by atoms with van der Waals surface area (Å²) in [6.07, 6.45) is 7.11. The number of benzene rings is 1. The quantitative estimate of drug-likeness (QED) is 0.519. The van der Waals surface area contributed by atoms with Gasteiger partial charge >= 0.3 is 0 Å². The SMILES string of the molecule is N#CC(C(=O)C(CC1CCC1)N(C=O)Cc1ccccc1)=S1CCCC1. The molecule has 1 aliphatic heterocycles. The maximum atomic E-state index is 13.3. The van der Waals surface area contributed by atoms with Gasteiger partial charge in [-0.25, -0.2) is 0 Å². The lowest BCUT2D eigenvalue weighted by Crippen LogP contribution is -2.45. The lowest BCUT2D eigenvalue weighted by molar-refractivity contribution is -0.129. The monoisotopic (exact) mass is 370 g/mol. The molecule has 2 aliphatic rings. The zero-order valence-electron chi connectivity index (χ0n) is 15.1. The molecule has 1 amide bonds. The van der Waals surface area contributed by atoms with Crippen LogP contribution in [0.25, 0.3) is 0 Å². The Bertz CT molecular complexity index is 711. The molecular weight excluding hydrogens is 344 g/mol. The van der Waals surface area contributed by atoms with Crippen LogP contribution in [0.4, 0.5) is 0 Å². The molecule has 4 nitrogen and oxygen atoms in total. The van der Waals surface area contributed by atoms with Crippen molar-refractivity contribution < 1.29 is 9.59 Å². The minimum atomic E-state index is -0.499.